The first-order valence-electron chi connectivity index (χ1n) is 7.24. The lowest BCUT2D eigenvalue weighted by Crippen LogP contribution is -2.36. The van der Waals surface area contributed by atoms with Crippen molar-refractivity contribution in [2.75, 3.05) is 13.6 Å². The maximum Gasteiger partial charge on any atom is 0.276 e. The minimum Gasteiger partial charge on any atom is -0.447 e. The van der Waals surface area contributed by atoms with E-state index in [0.29, 0.717) is 18.2 Å². The van der Waals surface area contributed by atoms with Crippen LogP contribution in [0.4, 0.5) is 0 Å². The summed E-state index contributed by atoms with van der Waals surface area (Å²) >= 11 is 0. The third-order valence-corrected chi connectivity index (χ3v) is 5.69. The highest BCUT2D eigenvalue weighted by Gasteiger charge is 2.37. The number of nitrogens with zero attached hydrogens (tertiary/aromatic N) is 1. The molecule has 1 N–H and O–H groups in total. The average molecular weight is 300 g/mol. The molecular weight excluding hydrogens is 276 g/mol. The molecule has 0 aromatic carbocycles. The molecule has 0 bridgehead atoms. The summed E-state index contributed by atoms with van der Waals surface area (Å²) < 4.78 is 31.8. The van der Waals surface area contributed by atoms with Gasteiger partial charge in [-0.1, -0.05) is 6.92 Å². The molecule has 1 heterocycles. The van der Waals surface area contributed by atoms with E-state index in [1.165, 1.54) is 4.31 Å². The molecular formula is C14H24N2O3S. The summed E-state index contributed by atoms with van der Waals surface area (Å²) in [6.45, 7) is 5.49. The van der Waals surface area contributed by atoms with Crippen molar-refractivity contribution in [3.8, 4) is 0 Å². The minimum atomic E-state index is -3.51. The van der Waals surface area contributed by atoms with Gasteiger partial charge in [-0.2, -0.15) is 4.31 Å². The van der Waals surface area contributed by atoms with Crippen LogP contribution in [0.1, 0.15) is 38.9 Å². The van der Waals surface area contributed by atoms with Gasteiger partial charge in [-0.15, -0.1) is 0 Å². The van der Waals surface area contributed by atoms with Crippen LogP contribution in [-0.4, -0.2) is 32.4 Å². The molecule has 1 saturated carbocycles. The first-order chi connectivity index (χ1) is 9.46. The van der Waals surface area contributed by atoms with E-state index < -0.39 is 10.0 Å². The second-order valence-electron chi connectivity index (χ2n) is 5.50. The van der Waals surface area contributed by atoms with Gasteiger partial charge in [0.15, 0.2) is 0 Å². The van der Waals surface area contributed by atoms with E-state index >= 15 is 0 Å². The topological polar surface area (TPSA) is 62.6 Å². The van der Waals surface area contributed by atoms with Crippen LogP contribution in [0.15, 0.2) is 21.6 Å². The molecule has 1 aliphatic rings. The quantitative estimate of drug-likeness (QED) is 0.748. The Bertz CT molecular complexity index is 534. The number of rotatable bonds is 8. The zero-order valence-corrected chi connectivity index (χ0v) is 13.2. The third kappa shape index (κ3) is 3.42. The molecule has 20 heavy (non-hydrogen) atoms. The van der Waals surface area contributed by atoms with Crippen LogP contribution in [-0.2, 0) is 16.6 Å². The number of hydrogen-bond acceptors (Lipinski definition) is 4. The summed E-state index contributed by atoms with van der Waals surface area (Å²) in [4.78, 5) is 0. The molecule has 1 aromatic heterocycles. The monoisotopic (exact) mass is 300 g/mol. The highest BCUT2D eigenvalue weighted by molar-refractivity contribution is 7.89. The molecule has 6 heteroatoms. The summed E-state index contributed by atoms with van der Waals surface area (Å²) in [5.41, 5.74) is 0. The largest absolute Gasteiger partial charge is 0.447 e. The van der Waals surface area contributed by atoms with Crippen molar-refractivity contribution in [1.82, 2.24) is 9.62 Å². The first-order valence-corrected chi connectivity index (χ1v) is 8.68. The number of hydrogen-bond donors (Lipinski definition) is 1. The van der Waals surface area contributed by atoms with Gasteiger partial charge in [-0.25, -0.2) is 8.42 Å². The number of nitrogens with one attached hydrogen (secondary N) is 1. The van der Waals surface area contributed by atoms with Crippen molar-refractivity contribution in [1.29, 1.82) is 0 Å². The van der Waals surface area contributed by atoms with Gasteiger partial charge in [-0.05, 0) is 50.8 Å². The summed E-state index contributed by atoms with van der Waals surface area (Å²) in [5, 5.41) is 3.24. The molecule has 114 valence electrons. The lowest BCUT2D eigenvalue weighted by Gasteiger charge is -2.22. The Kier molecular flexibility index (Phi) is 4.88. The second kappa shape index (κ2) is 6.28. The van der Waals surface area contributed by atoms with Gasteiger partial charge in [0.1, 0.15) is 5.76 Å². The highest BCUT2D eigenvalue weighted by atomic mass is 32.2. The predicted molar refractivity (Wildman–Crippen MR) is 77.8 cm³/mol. The van der Waals surface area contributed by atoms with E-state index in [2.05, 4.69) is 12.2 Å². The number of furan rings is 1. The van der Waals surface area contributed by atoms with Gasteiger partial charge in [-0.3, -0.25) is 0 Å². The molecule has 2 rings (SSSR count). The molecule has 0 aliphatic heterocycles. The van der Waals surface area contributed by atoms with Crippen LogP contribution in [0, 0.1) is 5.92 Å². The van der Waals surface area contributed by atoms with E-state index in [0.717, 1.165) is 25.8 Å². The van der Waals surface area contributed by atoms with Gasteiger partial charge >= 0.3 is 0 Å². The van der Waals surface area contributed by atoms with Crippen LogP contribution in [0.25, 0.3) is 0 Å². The Morgan fingerprint density at radius 2 is 2.15 bits per heavy atom. The Morgan fingerprint density at radius 3 is 2.75 bits per heavy atom. The van der Waals surface area contributed by atoms with Crippen LogP contribution in [0.5, 0.6) is 0 Å². The SMILES string of the molecule is CCCNCc1ccc(S(=O)(=O)N(C)C(C)C2CC2)o1. The zero-order chi connectivity index (χ0) is 14.8. The van der Waals surface area contributed by atoms with E-state index in [1.807, 2.05) is 6.92 Å². The molecule has 1 fully saturated rings. The van der Waals surface area contributed by atoms with Crippen LogP contribution >= 0.6 is 0 Å². The Labute approximate surface area is 121 Å². The lowest BCUT2D eigenvalue weighted by molar-refractivity contribution is 0.333. The predicted octanol–water partition coefficient (Wildman–Crippen LogP) is 2.20. The fraction of sp³-hybridized carbons (Fsp3) is 0.714. The highest BCUT2D eigenvalue weighted by Crippen LogP contribution is 2.36. The Balaban J connectivity index is 2.05. The molecule has 0 saturated heterocycles. The fourth-order valence-electron chi connectivity index (χ4n) is 2.22. The zero-order valence-electron chi connectivity index (χ0n) is 12.4. The fourth-order valence-corrected chi connectivity index (χ4v) is 3.56. The maximum absolute atomic E-state index is 12.5. The van der Waals surface area contributed by atoms with Gasteiger partial charge in [0.2, 0.25) is 5.09 Å². The normalized spacial score (nSPS) is 17.6. The van der Waals surface area contributed by atoms with Crippen LogP contribution in [0.3, 0.4) is 0 Å². The van der Waals surface area contributed by atoms with Crippen molar-refractivity contribution in [2.24, 2.45) is 5.92 Å². The molecule has 1 atom stereocenters. The van der Waals surface area contributed by atoms with E-state index in [4.69, 9.17) is 4.42 Å². The summed E-state index contributed by atoms with van der Waals surface area (Å²) in [7, 11) is -1.88. The van der Waals surface area contributed by atoms with Crippen LogP contribution < -0.4 is 5.32 Å². The molecule has 0 amide bonds. The first kappa shape index (κ1) is 15.5. The maximum atomic E-state index is 12.5. The van der Waals surface area contributed by atoms with Crippen molar-refractivity contribution in [3.05, 3.63) is 17.9 Å². The van der Waals surface area contributed by atoms with E-state index in [1.54, 1.807) is 19.2 Å². The summed E-state index contributed by atoms with van der Waals surface area (Å²) in [5.74, 6) is 1.15. The minimum absolute atomic E-state index is 0.0340. The smallest absolute Gasteiger partial charge is 0.276 e. The summed E-state index contributed by atoms with van der Waals surface area (Å²) in [6, 6.07) is 3.31. The van der Waals surface area contributed by atoms with Crippen LogP contribution in [0.2, 0.25) is 0 Å². The number of sulfonamides is 1. The average Bonchev–Trinajstić information content (AvgIpc) is 3.16. The van der Waals surface area contributed by atoms with Gasteiger partial charge in [0.25, 0.3) is 10.0 Å². The molecule has 0 spiro atoms. The van der Waals surface area contributed by atoms with Gasteiger partial charge in [0.05, 0.1) is 6.54 Å². The summed E-state index contributed by atoms with van der Waals surface area (Å²) in [6.07, 6.45) is 3.27. The van der Waals surface area contributed by atoms with Crippen molar-refractivity contribution in [2.45, 2.75) is 50.8 Å². The molecule has 0 radical (unpaired) electrons. The lowest BCUT2D eigenvalue weighted by atomic mass is 10.2. The van der Waals surface area contributed by atoms with Crippen molar-refractivity contribution < 1.29 is 12.8 Å². The Hall–Kier alpha value is -0.850. The third-order valence-electron chi connectivity index (χ3n) is 3.87. The van der Waals surface area contributed by atoms with E-state index in [-0.39, 0.29) is 11.1 Å². The Morgan fingerprint density at radius 1 is 1.45 bits per heavy atom. The molecule has 1 unspecified atom stereocenters. The van der Waals surface area contributed by atoms with Gasteiger partial charge < -0.3 is 9.73 Å². The van der Waals surface area contributed by atoms with Crippen molar-refractivity contribution in [3.63, 3.8) is 0 Å². The van der Waals surface area contributed by atoms with E-state index in [9.17, 15) is 8.42 Å². The molecule has 1 aliphatic carbocycles. The molecule has 5 nitrogen and oxygen atoms in total. The second-order valence-corrected chi connectivity index (χ2v) is 7.43. The standard InChI is InChI=1S/C14H24N2O3S/c1-4-9-15-10-13-7-8-14(19-13)20(17,18)16(3)11(2)12-5-6-12/h7-8,11-12,15H,4-6,9-10H2,1-3H3. The van der Waals surface area contributed by atoms with Gasteiger partial charge in [0, 0.05) is 13.1 Å². The van der Waals surface area contributed by atoms with Crippen molar-refractivity contribution >= 4 is 10.0 Å². The molecule has 1 aromatic rings.